The summed E-state index contributed by atoms with van der Waals surface area (Å²) in [6.45, 7) is 7.79. The summed E-state index contributed by atoms with van der Waals surface area (Å²) in [5.41, 5.74) is 4.80. The molecule has 0 spiro atoms. The lowest BCUT2D eigenvalue weighted by molar-refractivity contribution is -0.157. The van der Waals surface area contributed by atoms with Crippen LogP contribution in [0.1, 0.15) is 83.8 Å². The van der Waals surface area contributed by atoms with E-state index in [-0.39, 0.29) is 30.3 Å². The minimum atomic E-state index is -0.454. The monoisotopic (exact) mass is 461 g/mol. The number of nitrogens with one attached hydrogen (secondary N) is 1. The number of rotatable bonds is 11. The molecule has 0 unspecified atom stereocenters. The Kier molecular flexibility index (Phi) is 9.19. The predicted octanol–water partition coefficient (Wildman–Crippen LogP) is 4.34. The van der Waals surface area contributed by atoms with Crippen LogP contribution in [-0.4, -0.2) is 40.5 Å². The van der Waals surface area contributed by atoms with Crippen LogP contribution >= 0.6 is 0 Å². The maximum absolute atomic E-state index is 12.0. The molecule has 1 saturated carbocycles. The van der Waals surface area contributed by atoms with Crippen LogP contribution in [-0.2, 0) is 22.5 Å². The molecule has 1 aromatic rings. The van der Waals surface area contributed by atoms with E-state index in [1.54, 1.807) is 0 Å². The zero-order valence-corrected chi connectivity index (χ0v) is 20.8. The molecule has 186 valence electrons. The highest BCUT2D eigenvalue weighted by Crippen LogP contribution is 2.48. The van der Waals surface area contributed by atoms with E-state index in [4.69, 9.17) is 9.57 Å². The van der Waals surface area contributed by atoms with Gasteiger partial charge in [0.2, 0.25) is 0 Å². The topological polar surface area (TPSA) is 88.0 Å². The van der Waals surface area contributed by atoms with Crippen molar-refractivity contribution in [3.8, 4) is 5.75 Å². The lowest BCUT2D eigenvalue weighted by Crippen LogP contribution is -2.38. The van der Waals surface area contributed by atoms with Crippen molar-refractivity contribution in [2.24, 2.45) is 17.8 Å². The van der Waals surface area contributed by atoms with Crippen LogP contribution in [0.15, 0.2) is 18.2 Å². The van der Waals surface area contributed by atoms with E-state index >= 15 is 0 Å². The first-order chi connectivity index (χ1) is 15.7. The number of benzene rings is 1. The Bertz CT molecular complexity index is 774. The largest absolute Gasteiger partial charge is 0.482 e. The number of unbranched alkanes of at least 4 members (excludes halogenated alkanes) is 2. The quantitative estimate of drug-likeness (QED) is 0.336. The van der Waals surface area contributed by atoms with Gasteiger partial charge in [0.05, 0.1) is 12.2 Å². The highest BCUT2D eigenvalue weighted by Gasteiger charge is 2.44. The highest BCUT2D eigenvalue weighted by atomic mass is 16.7. The second-order valence-electron chi connectivity index (χ2n) is 11.0. The molecule has 0 amide bonds. The summed E-state index contributed by atoms with van der Waals surface area (Å²) in [4.78, 5) is 17.1. The van der Waals surface area contributed by atoms with Crippen molar-refractivity contribution in [2.75, 3.05) is 6.61 Å². The van der Waals surface area contributed by atoms with Gasteiger partial charge in [-0.25, -0.2) is 4.79 Å². The van der Waals surface area contributed by atoms with Crippen molar-refractivity contribution in [1.29, 1.82) is 0 Å². The van der Waals surface area contributed by atoms with Gasteiger partial charge >= 0.3 is 5.97 Å². The first kappa shape index (κ1) is 26.0. The van der Waals surface area contributed by atoms with Crippen LogP contribution in [0.25, 0.3) is 0 Å². The summed E-state index contributed by atoms with van der Waals surface area (Å²) in [6, 6.07) is 6.03. The van der Waals surface area contributed by atoms with Gasteiger partial charge in [-0.1, -0.05) is 38.3 Å². The van der Waals surface area contributed by atoms with E-state index in [0.717, 1.165) is 62.7 Å². The fraction of sp³-hybridized carbons (Fsp3) is 0.741. The molecule has 3 rings (SSSR count). The molecule has 6 heteroatoms. The van der Waals surface area contributed by atoms with Crippen molar-refractivity contribution in [2.45, 2.75) is 103 Å². The average Bonchev–Trinajstić information content (AvgIpc) is 3.06. The van der Waals surface area contributed by atoms with E-state index in [1.165, 1.54) is 12.0 Å². The Labute approximate surface area is 199 Å². The third kappa shape index (κ3) is 7.43. The minimum Gasteiger partial charge on any atom is -0.482 e. The second-order valence-corrected chi connectivity index (χ2v) is 11.0. The number of hydroxylamine groups is 1. The third-order valence-electron chi connectivity index (χ3n) is 7.14. The Balaban J connectivity index is 1.57. The van der Waals surface area contributed by atoms with Crippen LogP contribution in [0.4, 0.5) is 0 Å². The summed E-state index contributed by atoms with van der Waals surface area (Å²) in [5.74, 6) is 1.38. The average molecular weight is 462 g/mol. The highest BCUT2D eigenvalue weighted by molar-refractivity contribution is 5.71. The Hall–Kier alpha value is -1.63. The molecule has 0 radical (unpaired) electrons. The lowest BCUT2D eigenvalue weighted by Gasteiger charge is -2.32. The van der Waals surface area contributed by atoms with Gasteiger partial charge in [0.25, 0.3) is 0 Å². The molecule has 1 aromatic carbocycles. The van der Waals surface area contributed by atoms with Crippen molar-refractivity contribution in [3.63, 3.8) is 0 Å². The maximum atomic E-state index is 12.0. The van der Waals surface area contributed by atoms with Gasteiger partial charge in [0.15, 0.2) is 6.61 Å². The van der Waals surface area contributed by atoms with Crippen molar-refractivity contribution in [3.05, 3.63) is 29.3 Å². The maximum Gasteiger partial charge on any atom is 0.362 e. The van der Waals surface area contributed by atoms with Crippen LogP contribution in [0.2, 0.25) is 0 Å². The molecule has 0 heterocycles. The van der Waals surface area contributed by atoms with Gasteiger partial charge in [-0.2, -0.15) is 0 Å². The molecular weight excluding hydrogens is 418 g/mol. The number of aliphatic hydroxyl groups is 2. The summed E-state index contributed by atoms with van der Waals surface area (Å²) in [6.07, 6.45) is 7.94. The standard InChI is InChI=1S/C27H43NO5/c1-5-6-7-10-20(29)12-13-21-22-14-18-9-8-11-25(23(18)15-19(22)16-24(21)30)32-17-26(31)33-28-27(2,3)4/h8-9,11,19-22,24,28-30H,5-7,10,12-17H2,1-4H3/t19-,20-,21+,22-,24+/m0/s1. The molecule has 1 fully saturated rings. The van der Waals surface area contributed by atoms with Crippen molar-refractivity contribution < 1.29 is 24.6 Å². The Morgan fingerprint density at radius 1 is 1.21 bits per heavy atom. The zero-order valence-electron chi connectivity index (χ0n) is 20.8. The number of ether oxygens (including phenoxy) is 1. The molecule has 0 aliphatic heterocycles. The molecule has 3 N–H and O–H groups in total. The number of fused-ring (bicyclic) bond motifs is 2. The van der Waals surface area contributed by atoms with Crippen LogP contribution < -0.4 is 10.2 Å². The molecule has 2 aliphatic carbocycles. The second kappa shape index (κ2) is 11.7. The summed E-state index contributed by atoms with van der Waals surface area (Å²) < 4.78 is 5.85. The number of carbonyl (C=O) groups excluding carboxylic acids is 1. The number of hydrogen-bond acceptors (Lipinski definition) is 6. The first-order valence-corrected chi connectivity index (χ1v) is 12.7. The van der Waals surface area contributed by atoms with Gasteiger partial charge in [-0.05, 0) is 94.2 Å². The number of carbonyl (C=O) groups is 1. The Morgan fingerprint density at radius 3 is 2.73 bits per heavy atom. The molecule has 6 nitrogen and oxygen atoms in total. The molecule has 2 aliphatic rings. The van der Waals surface area contributed by atoms with E-state index in [9.17, 15) is 15.0 Å². The van der Waals surface area contributed by atoms with Crippen LogP contribution in [0.3, 0.4) is 0 Å². The fourth-order valence-corrected chi connectivity index (χ4v) is 5.47. The van der Waals surface area contributed by atoms with Gasteiger partial charge in [0.1, 0.15) is 5.75 Å². The van der Waals surface area contributed by atoms with Gasteiger partial charge < -0.3 is 19.8 Å². The van der Waals surface area contributed by atoms with E-state index < -0.39 is 5.97 Å². The molecule has 33 heavy (non-hydrogen) atoms. The summed E-state index contributed by atoms with van der Waals surface area (Å²) in [7, 11) is 0. The zero-order chi connectivity index (χ0) is 24.0. The third-order valence-corrected chi connectivity index (χ3v) is 7.14. The number of aliphatic hydroxyl groups excluding tert-OH is 2. The van der Waals surface area contributed by atoms with Crippen molar-refractivity contribution in [1.82, 2.24) is 5.48 Å². The molecule has 0 aromatic heterocycles. The number of hydrogen-bond donors (Lipinski definition) is 3. The Morgan fingerprint density at radius 2 is 2.00 bits per heavy atom. The molecule has 5 atom stereocenters. The van der Waals surface area contributed by atoms with E-state index in [1.807, 2.05) is 32.9 Å². The summed E-state index contributed by atoms with van der Waals surface area (Å²) in [5, 5.41) is 21.2. The first-order valence-electron chi connectivity index (χ1n) is 12.7. The van der Waals surface area contributed by atoms with Gasteiger partial charge in [-0.3, -0.25) is 0 Å². The molecular formula is C27H43NO5. The SMILES string of the molecule is CCCCC[C@H](O)CC[C@@H]1[C@H]2Cc3cccc(OCC(=O)ONC(C)(C)C)c3C[C@H]2C[C@H]1O. The van der Waals surface area contributed by atoms with E-state index in [0.29, 0.717) is 11.8 Å². The molecule has 0 bridgehead atoms. The minimum absolute atomic E-state index is 0.144. The van der Waals surface area contributed by atoms with Crippen molar-refractivity contribution >= 4 is 5.97 Å². The summed E-state index contributed by atoms with van der Waals surface area (Å²) >= 11 is 0. The molecule has 0 saturated heterocycles. The normalized spacial score (nSPS) is 25.3. The van der Waals surface area contributed by atoms with Crippen LogP contribution in [0, 0.1) is 17.8 Å². The van der Waals surface area contributed by atoms with Crippen LogP contribution in [0.5, 0.6) is 5.75 Å². The fourth-order valence-electron chi connectivity index (χ4n) is 5.47. The lowest BCUT2D eigenvalue weighted by atomic mass is 9.73. The smallest absolute Gasteiger partial charge is 0.362 e. The van der Waals surface area contributed by atoms with Gasteiger partial charge in [-0.15, -0.1) is 5.48 Å². The predicted molar refractivity (Wildman–Crippen MR) is 129 cm³/mol. The van der Waals surface area contributed by atoms with E-state index in [2.05, 4.69) is 18.5 Å². The van der Waals surface area contributed by atoms with Gasteiger partial charge in [0, 0.05) is 5.54 Å².